The summed E-state index contributed by atoms with van der Waals surface area (Å²) in [7, 11) is 0. The zero-order valence-electron chi connectivity index (χ0n) is 10.6. The van der Waals surface area contributed by atoms with Gasteiger partial charge in [0, 0.05) is 31.6 Å². The average Bonchev–Trinajstić information content (AvgIpc) is 2.36. The molecule has 0 aliphatic carbocycles. The van der Waals surface area contributed by atoms with E-state index >= 15 is 0 Å². The van der Waals surface area contributed by atoms with Gasteiger partial charge in [-0.3, -0.25) is 4.79 Å². The Morgan fingerprint density at radius 1 is 1.31 bits per heavy atom. The molecule has 0 spiro atoms. The first-order chi connectivity index (χ1) is 7.68. The molecule has 1 aliphatic rings. The third-order valence-corrected chi connectivity index (χ3v) is 4.06. The van der Waals surface area contributed by atoms with E-state index in [1.54, 1.807) is 0 Å². The molecule has 0 atom stereocenters. The molecule has 3 nitrogen and oxygen atoms in total. The van der Waals surface area contributed by atoms with Crippen LogP contribution in [0.4, 0.5) is 0 Å². The van der Waals surface area contributed by atoms with E-state index in [-0.39, 0.29) is 5.41 Å². The van der Waals surface area contributed by atoms with Gasteiger partial charge in [0.25, 0.3) is 0 Å². The van der Waals surface area contributed by atoms with Gasteiger partial charge >= 0.3 is 0 Å². The number of rotatable bonds is 6. The van der Waals surface area contributed by atoms with Gasteiger partial charge in [-0.15, -0.1) is 0 Å². The van der Waals surface area contributed by atoms with Gasteiger partial charge in [0.05, 0.1) is 0 Å². The maximum Gasteiger partial charge on any atom is 0.140 e. The van der Waals surface area contributed by atoms with Gasteiger partial charge in [-0.1, -0.05) is 26.7 Å². The van der Waals surface area contributed by atoms with Gasteiger partial charge in [-0.2, -0.15) is 0 Å². The Bertz CT molecular complexity index is 218. The molecule has 1 heterocycles. The summed E-state index contributed by atoms with van der Waals surface area (Å²) < 4.78 is 5.33. The number of carbonyl (C=O) groups is 1. The molecule has 0 unspecified atom stereocenters. The highest BCUT2D eigenvalue weighted by atomic mass is 16.5. The smallest absolute Gasteiger partial charge is 0.140 e. The molecule has 0 saturated carbocycles. The summed E-state index contributed by atoms with van der Waals surface area (Å²) in [6.07, 6.45) is 4.48. The molecule has 0 aromatic carbocycles. The molecule has 94 valence electrons. The van der Waals surface area contributed by atoms with Gasteiger partial charge in [0.2, 0.25) is 0 Å². The lowest BCUT2D eigenvalue weighted by atomic mass is 9.73. The van der Waals surface area contributed by atoms with Crippen LogP contribution in [0.2, 0.25) is 0 Å². The Hall–Kier alpha value is -0.410. The highest BCUT2D eigenvalue weighted by Gasteiger charge is 2.38. The number of Topliss-reactive ketones (excluding diaryl/α,β-unsaturated/α-hetero) is 1. The molecular formula is C13H25NO2. The molecule has 3 heteroatoms. The number of ether oxygens (including phenoxy) is 1. The van der Waals surface area contributed by atoms with Crippen molar-refractivity contribution < 1.29 is 9.53 Å². The first kappa shape index (κ1) is 13.7. The van der Waals surface area contributed by atoms with Crippen molar-refractivity contribution >= 4 is 5.78 Å². The van der Waals surface area contributed by atoms with E-state index in [0.717, 1.165) is 25.7 Å². The number of carbonyl (C=O) groups excluding carboxylic acids is 1. The molecule has 1 saturated heterocycles. The first-order valence-electron chi connectivity index (χ1n) is 6.49. The third-order valence-electron chi connectivity index (χ3n) is 4.06. The Kier molecular flexibility index (Phi) is 5.42. The van der Waals surface area contributed by atoms with Crippen LogP contribution < -0.4 is 5.73 Å². The van der Waals surface area contributed by atoms with Crippen LogP contribution >= 0.6 is 0 Å². The Morgan fingerprint density at radius 2 is 1.88 bits per heavy atom. The first-order valence-corrected chi connectivity index (χ1v) is 6.49. The molecule has 0 amide bonds. The van der Waals surface area contributed by atoms with E-state index < -0.39 is 0 Å². The number of ketones is 1. The summed E-state index contributed by atoms with van der Waals surface area (Å²) in [6.45, 7) is 6.16. The SMILES string of the molecule is CCC(CC)CC(=O)C1(CN)CCOCC1. The second-order valence-electron chi connectivity index (χ2n) is 4.91. The quantitative estimate of drug-likeness (QED) is 0.756. The standard InChI is InChI=1S/C13H25NO2/c1-3-11(4-2)9-12(15)13(10-14)5-7-16-8-6-13/h11H,3-10,14H2,1-2H3. The van der Waals surface area contributed by atoms with Crippen LogP contribution in [0, 0.1) is 11.3 Å². The zero-order valence-corrected chi connectivity index (χ0v) is 10.6. The van der Waals surface area contributed by atoms with Gasteiger partial charge in [0.1, 0.15) is 5.78 Å². The summed E-state index contributed by atoms with van der Waals surface area (Å²) in [4.78, 5) is 12.3. The van der Waals surface area contributed by atoms with E-state index in [0.29, 0.717) is 37.9 Å². The number of nitrogens with two attached hydrogens (primary N) is 1. The molecule has 0 aromatic rings. The van der Waals surface area contributed by atoms with Crippen molar-refractivity contribution in [1.82, 2.24) is 0 Å². The van der Waals surface area contributed by atoms with E-state index in [1.807, 2.05) is 0 Å². The van der Waals surface area contributed by atoms with Crippen molar-refractivity contribution in [3.05, 3.63) is 0 Å². The monoisotopic (exact) mass is 227 g/mol. The van der Waals surface area contributed by atoms with Crippen LogP contribution in [0.1, 0.15) is 46.0 Å². The molecule has 0 radical (unpaired) electrons. The van der Waals surface area contributed by atoms with E-state index in [1.165, 1.54) is 0 Å². The predicted octanol–water partition coefficient (Wildman–Crippen LogP) is 2.14. The Morgan fingerprint density at radius 3 is 2.31 bits per heavy atom. The lowest BCUT2D eigenvalue weighted by Gasteiger charge is -2.35. The van der Waals surface area contributed by atoms with Crippen LogP contribution in [0.15, 0.2) is 0 Å². The molecule has 1 rings (SSSR count). The lowest BCUT2D eigenvalue weighted by molar-refractivity contribution is -0.134. The normalized spacial score (nSPS) is 20.0. The van der Waals surface area contributed by atoms with Gasteiger partial charge in [0.15, 0.2) is 0 Å². The summed E-state index contributed by atoms with van der Waals surface area (Å²) >= 11 is 0. The van der Waals surface area contributed by atoms with Gasteiger partial charge in [-0.05, 0) is 18.8 Å². The molecule has 0 bridgehead atoms. The number of hydrogen-bond acceptors (Lipinski definition) is 3. The van der Waals surface area contributed by atoms with E-state index in [2.05, 4.69) is 13.8 Å². The highest BCUT2D eigenvalue weighted by Crippen LogP contribution is 2.33. The van der Waals surface area contributed by atoms with Crippen molar-refractivity contribution in [3.8, 4) is 0 Å². The van der Waals surface area contributed by atoms with Crippen molar-refractivity contribution in [3.63, 3.8) is 0 Å². The van der Waals surface area contributed by atoms with E-state index in [9.17, 15) is 4.79 Å². The van der Waals surface area contributed by atoms with Crippen molar-refractivity contribution in [2.24, 2.45) is 17.1 Å². The van der Waals surface area contributed by atoms with Crippen molar-refractivity contribution in [1.29, 1.82) is 0 Å². The Balaban J connectivity index is 2.61. The fourth-order valence-electron chi connectivity index (χ4n) is 2.41. The molecule has 1 aliphatic heterocycles. The van der Waals surface area contributed by atoms with Gasteiger partial charge < -0.3 is 10.5 Å². The molecule has 1 fully saturated rings. The van der Waals surface area contributed by atoms with Crippen molar-refractivity contribution in [2.45, 2.75) is 46.0 Å². The zero-order chi connectivity index (χ0) is 12.0. The summed E-state index contributed by atoms with van der Waals surface area (Å²) in [5.74, 6) is 0.894. The summed E-state index contributed by atoms with van der Waals surface area (Å²) in [5.41, 5.74) is 5.54. The maximum absolute atomic E-state index is 12.3. The van der Waals surface area contributed by atoms with Crippen LogP contribution in [0.5, 0.6) is 0 Å². The van der Waals surface area contributed by atoms with Crippen LogP contribution in [0.3, 0.4) is 0 Å². The molecular weight excluding hydrogens is 202 g/mol. The minimum atomic E-state index is -0.277. The minimum absolute atomic E-state index is 0.277. The molecule has 2 N–H and O–H groups in total. The van der Waals surface area contributed by atoms with E-state index in [4.69, 9.17) is 10.5 Å². The van der Waals surface area contributed by atoms with Crippen LogP contribution in [-0.4, -0.2) is 25.5 Å². The van der Waals surface area contributed by atoms with Crippen molar-refractivity contribution in [2.75, 3.05) is 19.8 Å². The summed E-state index contributed by atoms with van der Waals surface area (Å²) in [5, 5.41) is 0. The Labute approximate surface area is 98.7 Å². The topological polar surface area (TPSA) is 52.3 Å². The third kappa shape index (κ3) is 3.05. The van der Waals surface area contributed by atoms with Crippen LogP contribution in [0.25, 0.3) is 0 Å². The largest absolute Gasteiger partial charge is 0.381 e. The van der Waals surface area contributed by atoms with Crippen LogP contribution in [-0.2, 0) is 9.53 Å². The highest BCUT2D eigenvalue weighted by molar-refractivity contribution is 5.85. The maximum atomic E-state index is 12.3. The fraction of sp³-hybridized carbons (Fsp3) is 0.923. The predicted molar refractivity (Wildman–Crippen MR) is 65.2 cm³/mol. The van der Waals surface area contributed by atoms with Gasteiger partial charge in [-0.25, -0.2) is 0 Å². The second kappa shape index (κ2) is 6.36. The fourth-order valence-corrected chi connectivity index (χ4v) is 2.41. The lowest BCUT2D eigenvalue weighted by Crippen LogP contribution is -2.43. The summed E-state index contributed by atoms with van der Waals surface area (Å²) in [6, 6.07) is 0. The minimum Gasteiger partial charge on any atom is -0.381 e. The second-order valence-corrected chi connectivity index (χ2v) is 4.91. The average molecular weight is 227 g/mol. The number of hydrogen-bond donors (Lipinski definition) is 1. The molecule has 0 aromatic heterocycles. The molecule has 16 heavy (non-hydrogen) atoms.